The quantitative estimate of drug-likeness (QED) is 0.557. The smallest absolute Gasteiger partial charge is 0.234 e. The van der Waals surface area contributed by atoms with Crippen molar-refractivity contribution in [3.63, 3.8) is 0 Å². The summed E-state index contributed by atoms with van der Waals surface area (Å²) >= 11 is 0. The van der Waals surface area contributed by atoms with E-state index in [9.17, 15) is 4.79 Å². The lowest BCUT2D eigenvalue weighted by Gasteiger charge is -2.13. The van der Waals surface area contributed by atoms with Crippen molar-refractivity contribution in [3.05, 3.63) is 0 Å². The average molecular weight is 160 g/mol. The van der Waals surface area contributed by atoms with Crippen LogP contribution in [-0.4, -0.2) is 49.2 Å². The fraction of sp³-hybridized carbons (Fsp3) is 0.857. The molecule has 0 fully saturated rings. The summed E-state index contributed by atoms with van der Waals surface area (Å²) in [6.45, 7) is 2.11. The highest BCUT2D eigenvalue weighted by Gasteiger charge is 2.05. The maximum absolute atomic E-state index is 11.0. The van der Waals surface area contributed by atoms with Crippen LogP contribution in [0.15, 0.2) is 0 Å². The number of nitrogens with one attached hydrogen (secondary N) is 1. The summed E-state index contributed by atoms with van der Waals surface area (Å²) in [6.07, 6.45) is 0. The Bertz CT molecular complexity index is 126. The van der Waals surface area contributed by atoms with Crippen molar-refractivity contribution in [2.24, 2.45) is 0 Å². The fourth-order valence-corrected chi connectivity index (χ4v) is 0.653. The second-order valence-electron chi connectivity index (χ2n) is 2.89. The molecular formula is C7H16N2O2. The summed E-state index contributed by atoms with van der Waals surface area (Å²) in [6, 6.07) is -0.151. The molecule has 11 heavy (non-hydrogen) atoms. The molecule has 0 saturated heterocycles. The molecule has 0 aromatic carbocycles. The predicted octanol–water partition coefficient (Wildman–Crippen LogP) is -0.955. The second kappa shape index (κ2) is 5.09. The number of aliphatic hydroxyl groups excluding tert-OH is 1. The molecule has 2 N–H and O–H groups in total. The number of nitrogens with zero attached hydrogens (tertiary/aromatic N) is 1. The molecule has 1 atom stereocenters. The van der Waals surface area contributed by atoms with E-state index in [1.807, 2.05) is 14.1 Å². The molecule has 0 radical (unpaired) electrons. The molecule has 1 unspecified atom stereocenters. The van der Waals surface area contributed by atoms with E-state index in [0.29, 0.717) is 6.54 Å². The van der Waals surface area contributed by atoms with E-state index in [4.69, 9.17) is 5.11 Å². The van der Waals surface area contributed by atoms with Crippen molar-refractivity contribution in [1.29, 1.82) is 0 Å². The Morgan fingerprint density at radius 1 is 1.64 bits per heavy atom. The van der Waals surface area contributed by atoms with E-state index in [0.717, 1.165) is 0 Å². The first-order valence-corrected chi connectivity index (χ1v) is 3.61. The first-order chi connectivity index (χ1) is 5.06. The molecule has 0 heterocycles. The normalized spacial score (nSPS) is 13.2. The van der Waals surface area contributed by atoms with Crippen LogP contribution in [0.4, 0.5) is 0 Å². The summed E-state index contributed by atoms with van der Waals surface area (Å²) in [7, 11) is 3.65. The van der Waals surface area contributed by atoms with Gasteiger partial charge in [0, 0.05) is 6.04 Å². The molecule has 0 bridgehead atoms. The molecule has 4 heteroatoms. The van der Waals surface area contributed by atoms with Gasteiger partial charge in [-0.2, -0.15) is 0 Å². The minimum Gasteiger partial charge on any atom is -0.394 e. The molecule has 0 rings (SSSR count). The molecule has 1 amide bonds. The van der Waals surface area contributed by atoms with Crippen molar-refractivity contribution in [2.45, 2.75) is 13.0 Å². The van der Waals surface area contributed by atoms with Gasteiger partial charge in [0.15, 0.2) is 0 Å². The Morgan fingerprint density at radius 3 is 2.55 bits per heavy atom. The second-order valence-corrected chi connectivity index (χ2v) is 2.89. The Morgan fingerprint density at radius 2 is 2.18 bits per heavy atom. The summed E-state index contributed by atoms with van der Waals surface area (Å²) in [5.74, 6) is -0.0587. The standard InChI is InChI=1S/C7H16N2O2/c1-6(5-10)8-7(11)4-9(2)3/h6,10H,4-5H2,1-3H3,(H,8,11). The molecule has 0 aromatic heterocycles. The zero-order chi connectivity index (χ0) is 8.85. The number of carbonyl (C=O) groups is 1. The highest BCUT2D eigenvalue weighted by atomic mass is 16.3. The third kappa shape index (κ3) is 5.82. The van der Waals surface area contributed by atoms with E-state index in [1.165, 1.54) is 0 Å². The maximum atomic E-state index is 11.0. The number of carbonyl (C=O) groups excluding carboxylic acids is 1. The minimum atomic E-state index is -0.151. The highest BCUT2D eigenvalue weighted by Crippen LogP contribution is 1.80. The van der Waals surface area contributed by atoms with Gasteiger partial charge in [-0.1, -0.05) is 0 Å². The lowest BCUT2D eigenvalue weighted by molar-refractivity contribution is -0.122. The van der Waals surface area contributed by atoms with Crippen molar-refractivity contribution >= 4 is 5.91 Å². The highest BCUT2D eigenvalue weighted by molar-refractivity contribution is 5.78. The molecule has 0 aliphatic carbocycles. The van der Waals surface area contributed by atoms with Gasteiger partial charge in [-0.05, 0) is 21.0 Å². The molecule has 0 spiro atoms. The summed E-state index contributed by atoms with van der Waals surface area (Å²) in [5.41, 5.74) is 0. The number of likely N-dealkylation sites (N-methyl/N-ethyl adjacent to an activating group) is 1. The van der Waals surface area contributed by atoms with Crippen LogP contribution in [0.2, 0.25) is 0 Å². The van der Waals surface area contributed by atoms with Crippen LogP contribution in [0.25, 0.3) is 0 Å². The summed E-state index contributed by atoms with van der Waals surface area (Å²) in [4.78, 5) is 12.7. The Hall–Kier alpha value is -0.610. The largest absolute Gasteiger partial charge is 0.394 e. The lowest BCUT2D eigenvalue weighted by atomic mass is 10.3. The van der Waals surface area contributed by atoms with Gasteiger partial charge >= 0.3 is 0 Å². The summed E-state index contributed by atoms with van der Waals surface area (Å²) in [5, 5.41) is 11.2. The number of rotatable bonds is 4. The fourth-order valence-electron chi connectivity index (χ4n) is 0.653. The molecule has 4 nitrogen and oxygen atoms in total. The maximum Gasteiger partial charge on any atom is 0.234 e. The predicted molar refractivity (Wildman–Crippen MR) is 43.2 cm³/mol. The third-order valence-electron chi connectivity index (χ3n) is 1.14. The zero-order valence-electron chi connectivity index (χ0n) is 7.29. The Labute approximate surface area is 67.2 Å². The van der Waals surface area contributed by atoms with Gasteiger partial charge in [-0.25, -0.2) is 0 Å². The SMILES string of the molecule is CC(CO)NC(=O)CN(C)C. The van der Waals surface area contributed by atoms with Crippen LogP contribution in [0.1, 0.15) is 6.92 Å². The van der Waals surface area contributed by atoms with Crippen molar-refractivity contribution in [1.82, 2.24) is 10.2 Å². The van der Waals surface area contributed by atoms with Gasteiger partial charge in [0.2, 0.25) is 5.91 Å². The number of hydrogen-bond acceptors (Lipinski definition) is 3. The number of amides is 1. The monoisotopic (exact) mass is 160 g/mol. The van der Waals surface area contributed by atoms with Gasteiger partial charge in [0.1, 0.15) is 0 Å². The van der Waals surface area contributed by atoms with E-state index in [1.54, 1.807) is 11.8 Å². The van der Waals surface area contributed by atoms with E-state index < -0.39 is 0 Å². The Balaban J connectivity index is 3.52. The average Bonchev–Trinajstić information content (AvgIpc) is 1.85. The molecular weight excluding hydrogens is 144 g/mol. The molecule has 66 valence electrons. The third-order valence-corrected chi connectivity index (χ3v) is 1.14. The number of hydrogen-bond donors (Lipinski definition) is 2. The van der Waals surface area contributed by atoms with E-state index in [-0.39, 0.29) is 18.6 Å². The van der Waals surface area contributed by atoms with Gasteiger partial charge in [-0.15, -0.1) is 0 Å². The summed E-state index contributed by atoms with van der Waals surface area (Å²) < 4.78 is 0. The van der Waals surface area contributed by atoms with E-state index >= 15 is 0 Å². The van der Waals surface area contributed by atoms with Crippen molar-refractivity contribution < 1.29 is 9.90 Å². The molecule has 0 aliphatic rings. The first kappa shape index (κ1) is 10.4. The van der Waals surface area contributed by atoms with Crippen molar-refractivity contribution in [3.8, 4) is 0 Å². The Kier molecular flexibility index (Phi) is 4.81. The zero-order valence-corrected chi connectivity index (χ0v) is 7.29. The lowest BCUT2D eigenvalue weighted by Crippen LogP contribution is -2.40. The topological polar surface area (TPSA) is 52.6 Å². The number of aliphatic hydroxyl groups is 1. The van der Waals surface area contributed by atoms with Crippen molar-refractivity contribution in [2.75, 3.05) is 27.2 Å². The van der Waals surface area contributed by atoms with Gasteiger partial charge in [-0.3, -0.25) is 4.79 Å². The molecule has 0 aliphatic heterocycles. The van der Waals surface area contributed by atoms with Gasteiger partial charge < -0.3 is 15.3 Å². The van der Waals surface area contributed by atoms with Gasteiger partial charge in [0.05, 0.1) is 13.2 Å². The molecule has 0 aromatic rings. The van der Waals surface area contributed by atoms with Gasteiger partial charge in [0.25, 0.3) is 0 Å². The van der Waals surface area contributed by atoms with E-state index in [2.05, 4.69) is 5.32 Å². The van der Waals surface area contributed by atoms with Crippen LogP contribution in [0.5, 0.6) is 0 Å². The van der Waals surface area contributed by atoms with Crippen LogP contribution in [0, 0.1) is 0 Å². The van der Waals surface area contributed by atoms with Crippen LogP contribution >= 0.6 is 0 Å². The minimum absolute atomic E-state index is 0.0147. The first-order valence-electron chi connectivity index (χ1n) is 3.61. The van der Waals surface area contributed by atoms with Crippen LogP contribution < -0.4 is 5.32 Å². The van der Waals surface area contributed by atoms with Crippen LogP contribution in [0.3, 0.4) is 0 Å². The van der Waals surface area contributed by atoms with Crippen LogP contribution in [-0.2, 0) is 4.79 Å². The molecule has 0 saturated carbocycles.